The van der Waals surface area contributed by atoms with Gasteiger partial charge >= 0.3 is 12.1 Å². The number of fused-ring (bicyclic) bond motifs is 3. The predicted molar refractivity (Wildman–Crippen MR) is 120 cm³/mol. The molecule has 0 bridgehead atoms. The van der Waals surface area contributed by atoms with Crippen LogP contribution in [0.4, 0.5) is 15.3 Å². The number of carbonyl (C=O) groups is 2. The fourth-order valence-electron chi connectivity index (χ4n) is 3.69. The molecule has 154 valence electrons. The lowest BCUT2D eigenvalue weighted by Gasteiger charge is -2.14. The van der Waals surface area contributed by atoms with E-state index >= 15 is 0 Å². The monoisotopic (exact) mass is 411 g/mol. The number of hydrogen-bond acceptors (Lipinski definition) is 3. The molecule has 3 aromatic carbocycles. The Morgan fingerprint density at radius 2 is 1.52 bits per heavy atom. The number of amides is 3. The molecule has 0 radical (unpaired) electrons. The van der Waals surface area contributed by atoms with Crippen molar-refractivity contribution in [3.8, 4) is 23.0 Å². The van der Waals surface area contributed by atoms with E-state index < -0.39 is 12.1 Å². The maximum absolute atomic E-state index is 12.1. The molecule has 0 saturated heterocycles. The molecular formula is C25H21N3O3. The summed E-state index contributed by atoms with van der Waals surface area (Å²) >= 11 is 0. The molecular weight excluding hydrogens is 390 g/mol. The first kappa shape index (κ1) is 20.0. The Morgan fingerprint density at radius 3 is 2.13 bits per heavy atom. The summed E-state index contributed by atoms with van der Waals surface area (Å²) in [4.78, 5) is 22.9. The fraction of sp³-hybridized carbons (Fsp3) is 0.120. The zero-order chi connectivity index (χ0) is 21.6. The summed E-state index contributed by atoms with van der Waals surface area (Å²) in [6, 6.07) is 22.7. The van der Waals surface area contributed by atoms with Gasteiger partial charge in [-0.2, -0.15) is 0 Å². The molecule has 0 heterocycles. The van der Waals surface area contributed by atoms with E-state index in [1.807, 2.05) is 24.3 Å². The smallest absolute Gasteiger partial charge is 0.407 e. The largest absolute Gasteiger partial charge is 0.449 e. The highest BCUT2D eigenvalue weighted by molar-refractivity contribution is 5.87. The Hall–Kier alpha value is -4.24. The van der Waals surface area contributed by atoms with Crippen LogP contribution in [0.15, 0.2) is 72.8 Å². The number of benzene rings is 3. The number of nitrogens with one attached hydrogen (secondary N) is 2. The van der Waals surface area contributed by atoms with Crippen molar-refractivity contribution in [3.05, 3.63) is 89.5 Å². The standard InChI is InChI=1S/C25H21N3O3/c26-24(29)28-18-13-11-17(12-14-18)6-5-15-27-25(30)31-16-23-21-9-3-1-7-19(21)20-8-2-4-10-22(20)23/h1-4,7-14,23H,15-16H2,(H,27,30)(H3,26,28,29). The van der Waals surface area contributed by atoms with Crippen molar-refractivity contribution in [3.63, 3.8) is 0 Å². The number of nitrogens with two attached hydrogens (primary N) is 1. The minimum Gasteiger partial charge on any atom is -0.449 e. The average molecular weight is 411 g/mol. The molecule has 0 aliphatic heterocycles. The lowest BCUT2D eigenvalue weighted by atomic mass is 9.98. The molecule has 0 fully saturated rings. The molecule has 6 nitrogen and oxygen atoms in total. The van der Waals surface area contributed by atoms with Gasteiger partial charge in [-0.1, -0.05) is 60.4 Å². The molecule has 0 saturated carbocycles. The number of ether oxygens (including phenoxy) is 1. The normalized spacial score (nSPS) is 11.5. The van der Waals surface area contributed by atoms with Crippen LogP contribution in [0.3, 0.4) is 0 Å². The molecule has 6 heteroatoms. The fourth-order valence-corrected chi connectivity index (χ4v) is 3.69. The number of urea groups is 1. The number of primary amides is 1. The minimum absolute atomic E-state index is 0.0248. The summed E-state index contributed by atoms with van der Waals surface area (Å²) in [6.07, 6.45) is -0.503. The second kappa shape index (κ2) is 9.06. The van der Waals surface area contributed by atoms with Crippen molar-refractivity contribution in [2.24, 2.45) is 5.73 Å². The van der Waals surface area contributed by atoms with Crippen LogP contribution < -0.4 is 16.4 Å². The van der Waals surface area contributed by atoms with Crippen molar-refractivity contribution in [1.82, 2.24) is 5.32 Å². The molecule has 31 heavy (non-hydrogen) atoms. The SMILES string of the molecule is NC(=O)Nc1ccc(C#CCNC(=O)OCC2c3ccccc3-c3ccccc32)cc1. The topological polar surface area (TPSA) is 93.5 Å². The molecule has 1 aliphatic rings. The zero-order valence-corrected chi connectivity index (χ0v) is 16.7. The van der Waals surface area contributed by atoms with E-state index in [0.29, 0.717) is 5.69 Å². The van der Waals surface area contributed by atoms with Crippen molar-refractivity contribution >= 4 is 17.8 Å². The number of anilines is 1. The van der Waals surface area contributed by atoms with E-state index in [1.54, 1.807) is 24.3 Å². The van der Waals surface area contributed by atoms with E-state index in [2.05, 4.69) is 46.7 Å². The average Bonchev–Trinajstić information content (AvgIpc) is 3.10. The van der Waals surface area contributed by atoms with Gasteiger partial charge in [-0.15, -0.1) is 0 Å². The molecule has 4 N–H and O–H groups in total. The quantitative estimate of drug-likeness (QED) is 0.565. The molecule has 3 amide bonds. The van der Waals surface area contributed by atoms with Gasteiger partial charge in [-0.3, -0.25) is 0 Å². The first-order valence-electron chi connectivity index (χ1n) is 9.86. The Balaban J connectivity index is 1.30. The minimum atomic E-state index is -0.619. The van der Waals surface area contributed by atoms with Gasteiger partial charge in [-0.05, 0) is 46.5 Å². The van der Waals surface area contributed by atoms with Gasteiger partial charge < -0.3 is 21.1 Å². The maximum Gasteiger partial charge on any atom is 0.407 e. The van der Waals surface area contributed by atoms with E-state index in [4.69, 9.17) is 10.5 Å². The Labute approximate surface area is 180 Å². The first-order valence-corrected chi connectivity index (χ1v) is 9.86. The molecule has 0 unspecified atom stereocenters. The Morgan fingerprint density at radius 1 is 0.903 bits per heavy atom. The summed E-state index contributed by atoms with van der Waals surface area (Å²) in [5.74, 6) is 5.84. The van der Waals surface area contributed by atoms with Crippen LogP contribution in [0.5, 0.6) is 0 Å². The zero-order valence-electron chi connectivity index (χ0n) is 16.7. The van der Waals surface area contributed by atoms with Gasteiger partial charge in [0.05, 0.1) is 6.54 Å². The third-order valence-electron chi connectivity index (χ3n) is 5.05. The van der Waals surface area contributed by atoms with E-state index in [9.17, 15) is 9.59 Å². The van der Waals surface area contributed by atoms with E-state index in [0.717, 1.165) is 5.56 Å². The number of carbonyl (C=O) groups excluding carboxylic acids is 2. The van der Waals surface area contributed by atoms with E-state index in [1.165, 1.54) is 22.3 Å². The second-order valence-corrected chi connectivity index (χ2v) is 7.05. The van der Waals surface area contributed by atoms with Gasteiger partial charge in [0.1, 0.15) is 6.61 Å². The highest BCUT2D eigenvalue weighted by atomic mass is 16.5. The lowest BCUT2D eigenvalue weighted by Crippen LogP contribution is -2.26. The van der Waals surface area contributed by atoms with Crippen molar-refractivity contribution in [1.29, 1.82) is 0 Å². The highest BCUT2D eigenvalue weighted by Gasteiger charge is 2.28. The number of alkyl carbamates (subject to hydrolysis) is 1. The first-order chi connectivity index (χ1) is 15.1. The van der Waals surface area contributed by atoms with Crippen molar-refractivity contribution in [2.75, 3.05) is 18.5 Å². The molecule has 1 aliphatic carbocycles. The van der Waals surface area contributed by atoms with Crippen molar-refractivity contribution in [2.45, 2.75) is 5.92 Å². The van der Waals surface area contributed by atoms with Crippen LogP contribution in [-0.4, -0.2) is 25.3 Å². The summed E-state index contributed by atoms with van der Waals surface area (Å²) in [5, 5.41) is 5.13. The van der Waals surface area contributed by atoms with Crippen LogP contribution in [0.25, 0.3) is 11.1 Å². The molecule has 0 aromatic heterocycles. The van der Waals surface area contributed by atoms with Crippen molar-refractivity contribution < 1.29 is 14.3 Å². The Bertz CT molecular complexity index is 1130. The maximum atomic E-state index is 12.1. The van der Waals surface area contributed by atoms with Gasteiger partial charge in [0, 0.05) is 17.2 Å². The summed E-state index contributed by atoms with van der Waals surface area (Å²) in [6.45, 7) is 0.430. The highest BCUT2D eigenvalue weighted by Crippen LogP contribution is 2.44. The van der Waals surface area contributed by atoms with Crippen LogP contribution in [0, 0.1) is 11.8 Å². The van der Waals surface area contributed by atoms with Crippen LogP contribution >= 0.6 is 0 Å². The van der Waals surface area contributed by atoms with Gasteiger partial charge in [-0.25, -0.2) is 9.59 Å². The second-order valence-electron chi connectivity index (χ2n) is 7.05. The van der Waals surface area contributed by atoms with E-state index in [-0.39, 0.29) is 19.1 Å². The summed E-state index contributed by atoms with van der Waals surface area (Å²) in [5.41, 5.74) is 11.1. The van der Waals surface area contributed by atoms with Gasteiger partial charge in [0.2, 0.25) is 0 Å². The summed E-state index contributed by atoms with van der Waals surface area (Å²) < 4.78 is 5.47. The number of rotatable bonds is 4. The molecule has 0 spiro atoms. The van der Waals surface area contributed by atoms with Crippen LogP contribution in [-0.2, 0) is 4.74 Å². The Kier molecular flexibility index (Phi) is 5.86. The van der Waals surface area contributed by atoms with Gasteiger partial charge in [0.15, 0.2) is 0 Å². The molecule has 3 aromatic rings. The van der Waals surface area contributed by atoms with Crippen LogP contribution in [0.2, 0.25) is 0 Å². The van der Waals surface area contributed by atoms with Crippen LogP contribution in [0.1, 0.15) is 22.6 Å². The number of hydrogen-bond donors (Lipinski definition) is 3. The third-order valence-corrected chi connectivity index (χ3v) is 5.05. The summed E-state index contributed by atoms with van der Waals surface area (Å²) in [7, 11) is 0. The molecule has 0 atom stereocenters. The predicted octanol–water partition coefficient (Wildman–Crippen LogP) is 4.07. The molecule has 4 rings (SSSR count). The lowest BCUT2D eigenvalue weighted by molar-refractivity contribution is 0.144. The van der Waals surface area contributed by atoms with Gasteiger partial charge in [0.25, 0.3) is 0 Å². The third kappa shape index (κ3) is 4.68.